The summed E-state index contributed by atoms with van der Waals surface area (Å²) in [5, 5.41) is 31.6. The molecule has 3 aromatic rings. The summed E-state index contributed by atoms with van der Waals surface area (Å²) in [6.45, 7) is 0. The van der Waals surface area contributed by atoms with E-state index in [1.54, 1.807) is 12.1 Å². The average Bonchev–Trinajstić information content (AvgIpc) is 3.55. The van der Waals surface area contributed by atoms with Crippen molar-refractivity contribution in [1.82, 2.24) is 20.4 Å². The van der Waals surface area contributed by atoms with Crippen LogP contribution >= 0.6 is 11.3 Å². The van der Waals surface area contributed by atoms with Gasteiger partial charge in [0.1, 0.15) is 16.2 Å². The molecule has 2 heterocycles. The highest BCUT2D eigenvalue weighted by atomic mass is 32.1. The van der Waals surface area contributed by atoms with Crippen LogP contribution in [0.4, 0.5) is 24.1 Å². The van der Waals surface area contributed by atoms with E-state index in [9.17, 15) is 22.8 Å². The lowest BCUT2D eigenvalue weighted by Crippen LogP contribution is -2.22. The number of unbranched alkanes of at least 4 members (excludes halogenated alkanes) is 1. The van der Waals surface area contributed by atoms with Crippen molar-refractivity contribution >= 4 is 34.1 Å². The molecule has 4 rings (SSSR count). The Kier molecular flexibility index (Phi) is 8.16. The number of benzene rings is 1. The number of amides is 2. The number of ether oxygens (including phenoxy) is 1. The molecular formula is C24H22F3N7O3S. The Hall–Kier alpha value is -4.12. The highest BCUT2D eigenvalue weighted by molar-refractivity contribution is 7.15. The lowest BCUT2D eigenvalue weighted by Gasteiger charge is -2.10. The van der Waals surface area contributed by atoms with Crippen LogP contribution in [-0.2, 0) is 28.9 Å². The number of hydrogen-bond donors (Lipinski definition) is 2. The molecule has 0 radical (unpaired) electrons. The Labute approximate surface area is 219 Å². The summed E-state index contributed by atoms with van der Waals surface area (Å²) in [4.78, 5) is 24.4. The van der Waals surface area contributed by atoms with E-state index < -0.39 is 23.4 Å². The van der Waals surface area contributed by atoms with Gasteiger partial charge in [-0.25, -0.2) is 0 Å². The van der Waals surface area contributed by atoms with E-state index in [-0.39, 0.29) is 18.1 Å². The molecule has 2 amide bonds. The van der Waals surface area contributed by atoms with Gasteiger partial charge in [0.2, 0.25) is 16.9 Å². The Morgan fingerprint density at radius 1 is 1.05 bits per heavy atom. The summed E-state index contributed by atoms with van der Waals surface area (Å²) in [7, 11) is 0. The van der Waals surface area contributed by atoms with Crippen molar-refractivity contribution in [1.29, 1.82) is 5.26 Å². The maximum absolute atomic E-state index is 12.4. The van der Waals surface area contributed by atoms with Crippen LogP contribution in [0.1, 0.15) is 41.9 Å². The molecule has 0 aliphatic heterocycles. The first-order valence-corrected chi connectivity index (χ1v) is 12.5. The second kappa shape index (κ2) is 11.5. The molecule has 1 aliphatic rings. The van der Waals surface area contributed by atoms with Gasteiger partial charge in [-0.05, 0) is 61.9 Å². The SMILES string of the molecule is N#CC1(C(=O)Nc2nnc(CCCCc3ccc(NC(=O)Cc4cccc(OC(F)(F)F)c4)nn3)s2)CC1. The van der Waals surface area contributed by atoms with Crippen molar-refractivity contribution in [3.63, 3.8) is 0 Å². The molecule has 1 saturated carbocycles. The number of halogens is 3. The predicted octanol–water partition coefficient (Wildman–Crippen LogP) is 4.22. The number of nitriles is 1. The minimum atomic E-state index is -4.81. The Morgan fingerprint density at radius 2 is 1.84 bits per heavy atom. The van der Waals surface area contributed by atoms with Gasteiger partial charge >= 0.3 is 6.36 Å². The standard InChI is InChI=1S/C24H22F3N7O3S/c25-24(26,27)37-17-6-3-4-15(12-17)13-19(35)29-18-9-8-16(31-32-18)5-1-2-7-20-33-34-22(38-20)30-21(36)23(14-28)10-11-23/h3-4,6,8-9,12H,1-2,5,7,10-11,13H2,(H,29,32,35)(H,30,34,36). The smallest absolute Gasteiger partial charge is 0.406 e. The topological polar surface area (TPSA) is 143 Å². The third-order valence-corrected chi connectivity index (χ3v) is 6.54. The quantitative estimate of drug-likeness (QED) is 0.341. The minimum absolute atomic E-state index is 0.158. The monoisotopic (exact) mass is 545 g/mol. The number of alkyl halides is 3. The van der Waals surface area contributed by atoms with Crippen molar-refractivity contribution < 1.29 is 27.5 Å². The molecule has 0 bridgehead atoms. The van der Waals surface area contributed by atoms with Crippen LogP contribution in [0.5, 0.6) is 5.75 Å². The van der Waals surface area contributed by atoms with E-state index >= 15 is 0 Å². The summed E-state index contributed by atoms with van der Waals surface area (Å²) in [5.41, 5.74) is 0.177. The third-order valence-electron chi connectivity index (χ3n) is 5.64. The predicted molar refractivity (Wildman–Crippen MR) is 130 cm³/mol. The second-order valence-electron chi connectivity index (χ2n) is 8.69. The Balaban J connectivity index is 1.17. The van der Waals surface area contributed by atoms with Crippen LogP contribution in [0.3, 0.4) is 0 Å². The van der Waals surface area contributed by atoms with Gasteiger partial charge in [-0.15, -0.1) is 28.5 Å². The highest BCUT2D eigenvalue weighted by Crippen LogP contribution is 2.45. The molecule has 38 heavy (non-hydrogen) atoms. The number of anilines is 2. The van der Waals surface area contributed by atoms with Gasteiger partial charge < -0.3 is 10.1 Å². The lowest BCUT2D eigenvalue weighted by molar-refractivity contribution is -0.274. The van der Waals surface area contributed by atoms with Gasteiger partial charge in [-0.2, -0.15) is 10.4 Å². The Bertz CT molecular complexity index is 1340. The van der Waals surface area contributed by atoms with Crippen molar-refractivity contribution in [3.8, 4) is 11.8 Å². The Morgan fingerprint density at radius 3 is 2.53 bits per heavy atom. The van der Waals surface area contributed by atoms with Crippen LogP contribution in [0.15, 0.2) is 36.4 Å². The molecule has 0 unspecified atom stereocenters. The minimum Gasteiger partial charge on any atom is -0.406 e. The molecule has 0 atom stereocenters. The van der Waals surface area contributed by atoms with Gasteiger partial charge in [0.15, 0.2) is 5.82 Å². The molecule has 1 aromatic carbocycles. The van der Waals surface area contributed by atoms with E-state index in [1.807, 2.05) is 6.07 Å². The van der Waals surface area contributed by atoms with Gasteiger partial charge in [-0.3, -0.25) is 14.9 Å². The van der Waals surface area contributed by atoms with Crippen LogP contribution in [0.25, 0.3) is 0 Å². The fourth-order valence-corrected chi connectivity index (χ4v) is 4.28. The van der Waals surface area contributed by atoms with E-state index in [4.69, 9.17) is 5.26 Å². The number of nitrogens with zero attached hydrogens (tertiary/aromatic N) is 5. The summed E-state index contributed by atoms with van der Waals surface area (Å²) in [6, 6.07) is 10.6. The summed E-state index contributed by atoms with van der Waals surface area (Å²) >= 11 is 1.28. The van der Waals surface area contributed by atoms with Crippen LogP contribution in [-0.4, -0.2) is 38.6 Å². The summed E-state index contributed by atoms with van der Waals surface area (Å²) in [5.74, 6) is -0.948. The zero-order valence-corrected chi connectivity index (χ0v) is 20.7. The van der Waals surface area contributed by atoms with Crippen LogP contribution in [0.2, 0.25) is 0 Å². The van der Waals surface area contributed by atoms with Crippen molar-refractivity contribution in [3.05, 3.63) is 52.7 Å². The molecule has 1 aliphatic carbocycles. The van der Waals surface area contributed by atoms with E-state index in [0.29, 0.717) is 36.4 Å². The molecule has 1 fully saturated rings. The first-order chi connectivity index (χ1) is 18.1. The summed E-state index contributed by atoms with van der Waals surface area (Å²) < 4.78 is 41.0. The summed E-state index contributed by atoms with van der Waals surface area (Å²) in [6.07, 6.45) is -0.899. The van der Waals surface area contributed by atoms with Gasteiger partial charge in [0.05, 0.1) is 18.2 Å². The molecule has 14 heteroatoms. The normalized spacial score (nSPS) is 13.8. The highest BCUT2D eigenvalue weighted by Gasteiger charge is 2.51. The number of rotatable bonds is 11. The van der Waals surface area contributed by atoms with Gasteiger partial charge in [-0.1, -0.05) is 23.5 Å². The zero-order chi connectivity index (χ0) is 27.2. The van der Waals surface area contributed by atoms with E-state index in [0.717, 1.165) is 35.7 Å². The van der Waals surface area contributed by atoms with Crippen LogP contribution in [0, 0.1) is 16.7 Å². The molecule has 2 aromatic heterocycles. The fraction of sp³-hybridized carbons (Fsp3) is 0.375. The molecule has 0 saturated heterocycles. The maximum atomic E-state index is 12.4. The average molecular weight is 546 g/mol. The molecule has 198 valence electrons. The van der Waals surface area contributed by atoms with E-state index in [1.165, 1.54) is 23.5 Å². The molecule has 0 spiro atoms. The molecule has 10 nitrogen and oxygen atoms in total. The first-order valence-electron chi connectivity index (χ1n) is 11.7. The van der Waals surface area contributed by atoms with Crippen molar-refractivity contribution in [2.45, 2.75) is 51.3 Å². The molecular weight excluding hydrogens is 523 g/mol. The first kappa shape index (κ1) is 26.9. The largest absolute Gasteiger partial charge is 0.573 e. The van der Waals surface area contributed by atoms with Crippen molar-refractivity contribution in [2.24, 2.45) is 5.41 Å². The second-order valence-corrected chi connectivity index (χ2v) is 9.75. The zero-order valence-electron chi connectivity index (χ0n) is 19.9. The van der Waals surface area contributed by atoms with E-state index in [2.05, 4.69) is 35.8 Å². The van der Waals surface area contributed by atoms with Crippen LogP contribution < -0.4 is 15.4 Å². The fourth-order valence-electron chi connectivity index (χ4n) is 3.50. The number of aromatic nitrogens is 4. The van der Waals surface area contributed by atoms with Crippen molar-refractivity contribution in [2.75, 3.05) is 10.6 Å². The lowest BCUT2D eigenvalue weighted by atomic mass is 10.1. The number of nitrogens with one attached hydrogen (secondary N) is 2. The third kappa shape index (κ3) is 7.69. The maximum Gasteiger partial charge on any atom is 0.573 e. The number of carbonyl (C=O) groups is 2. The number of aryl methyl sites for hydroxylation is 2. The molecule has 2 N–H and O–H groups in total. The number of carbonyl (C=O) groups excluding carboxylic acids is 2. The number of hydrogen-bond acceptors (Lipinski definition) is 9. The van der Waals surface area contributed by atoms with Gasteiger partial charge in [0.25, 0.3) is 0 Å². The van der Waals surface area contributed by atoms with Gasteiger partial charge in [0, 0.05) is 6.42 Å².